The molecule has 2 aliphatic heterocycles. The van der Waals surface area contributed by atoms with Gasteiger partial charge in [0.2, 0.25) is 0 Å². The molecule has 1 aromatic carbocycles. The van der Waals surface area contributed by atoms with Crippen molar-refractivity contribution in [3.8, 4) is 11.5 Å². The molecule has 0 aromatic heterocycles. The van der Waals surface area contributed by atoms with E-state index in [4.69, 9.17) is 0 Å². The van der Waals surface area contributed by atoms with Crippen LogP contribution in [0.3, 0.4) is 0 Å². The van der Waals surface area contributed by atoms with Crippen LogP contribution in [0.1, 0.15) is 31.2 Å². The van der Waals surface area contributed by atoms with Gasteiger partial charge in [0.15, 0.2) is 11.5 Å². The summed E-state index contributed by atoms with van der Waals surface area (Å²) in [6, 6.07) is 5.77. The summed E-state index contributed by atoms with van der Waals surface area (Å²) < 4.78 is 0.110. The summed E-state index contributed by atoms with van der Waals surface area (Å²) in [7, 11) is 0. The summed E-state index contributed by atoms with van der Waals surface area (Å²) >= 11 is 1.99. The van der Waals surface area contributed by atoms with E-state index in [2.05, 4.69) is 30.5 Å². The molecule has 0 bridgehead atoms. The van der Waals surface area contributed by atoms with Gasteiger partial charge in [-0.15, -0.1) is 28.7 Å². The Labute approximate surface area is 151 Å². The third kappa shape index (κ3) is 2.63. The van der Waals surface area contributed by atoms with Crippen LogP contribution in [0.2, 0.25) is 0 Å². The van der Waals surface area contributed by atoms with Crippen molar-refractivity contribution in [2.24, 2.45) is 5.92 Å². The quantitative estimate of drug-likeness (QED) is 0.495. The Balaban J connectivity index is 0.00000156. The SMILES string of the molecule is Br.CC1=CC2C(c3ccc(O)c(O)c3)CNC3CCC=CC32S1. The van der Waals surface area contributed by atoms with Crippen molar-refractivity contribution >= 4 is 28.7 Å². The van der Waals surface area contributed by atoms with Gasteiger partial charge in [0.05, 0.1) is 4.75 Å². The number of aromatic hydroxyl groups is 2. The van der Waals surface area contributed by atoms with Crippen LogP contribution >= 0.6 is 28.7 Å². The number of benzene rings is 1. The van der Waals surface area contributed by atoms with Crippen molar-refractivity contribution in [3.63, 3.8) is 0 Å². The number of phenols is 2. The van der Waals surface area contributed by atoms with E-state index in [-0.39, 0.29) is 33.2 Å². The average molecular weight is 396 g/mol. The first-order valence-corrected chi connectivity index (χ1v) is 8.72. The number of phenolic OH excluding ortho intramolecular Hbond substituents is 2. The Morgan fingerprint density at radius 2 is 2.09 bits per heavy atom. The van der Waals surface area contributed by atoms with Crippen molar-refractivity contribution in [1.82, 2.24) is 5.32 Å². The van der Waals surface area contributed by atoms with E-state index >= 15 is 0 Å². The van der Waals surface area contributed by atoms with Gasteiger partial charge in [0, 0.05) is 24.4 Å². The molecule has 1 fully saturated rings. The van der Waals surface area contributed by atoms with Crippen LogP contribution in [0, 0.1) is 5.92 Å². The van der Waals surface area contributed by atoms with Gasteiger partial charge in [-0.1, -0.05) is 24.3 Å². The van der Waals surface area contributed by atoms with Crippen LogP contribution in [0.15, 0.2) is 41.3 Å². The number of nitrogens with one attached hydrogen (secondary N) is 1. The molecule has 4 atom stereocenters. The standard InChI is InChI=1S/C18H21NO2S.BrH/c1-11-8-14-13(12-5-6-15(20)16(21)9-12)10-19-17-4-2-3-7-18(14,17)22-11;/h3,5-9,13-14,17,19-21H,2,4,10H2,1H3;1H. The van der Waals surface area contributed by atoms with Crippen molar-refractivity contribution < 1.29 is 10.2 Å². The van der Waals surface area contributed by atoms with Crippen LogP contribution in [-0.4, -0.2) is 27.5 Å². The van der Waals surface area contributed by atoms with Gasteiger partial charge in [0.1, 0.15) is 0 Å². The molecule has 1 spiro atoms. The molecule has 0 amide bonds. The summed E-state index contributed by atoms with van der Waals surface area (Å²) in [5.74, 6) is 0.670. The predicted octanol–water partition coefficient (Wildman–Crippen LogP) is 4.09. The second-order valence-corrected chi connectivity index (χ2v) is 8.11. The maximum Gasteiger partial charge on any atom is 0.157 e. The lowest BCUT2D eigenvalue weighted by atomic mass is 9.68. The maximum atomic E-state index is 9.85. The average Bonchev–Trinajstić information content (AvgIpc) is 2.84. The lowest BCUT2D eigenvalue weighted by Crippen LogP contribution is -2.58. The number of rotatable bonds is 1. The van der Waals surface area contributed by atoms with Crippen molar-refractivity contribution in [3.05, 3.63) is 46.9 Å². The molecule has 124 valence electrons. The summed E-state index contributed by atoms with van der Waals surface area (Å²) in [6.07, 6.45) is 9.47. The molecule has 2 heterocycles. The monoisotopic (exact) mass is 395 g/mol. The predicted molar refractivity (Wildman–Crippen MR) is 101 cm³/mol. The number of hydrogen-bond acceptors (Lipinski definition) is 4. The van der Waals surface area contributed by atoms with Gasteiger partial charge < -0.3 is 15.5 Å². The minimum Gasteiger partial charge on any atom is -0.504 e. The van der Waals surface area contributed by atoms with Crippen LogP contribution in [0.25, 0.3) is 0 Å². The molecule has 4 rings (SSSR count). The van der Waals surface area contributed by atoms with Gasteiger partial charge in [-0.3, -0.25) is 0 Å². The zero-order valence-corrected chi connectivity index (χ0v) is 15.6. The first kappa shape index (κ1) is 16.9. The fraction of sp³-hybridized carbons (Fsp3) is 0.444. The summed E-state index contributed by atoms with van der Waals surface area (Å²) in [4.78, 5) is 1.39. The third-order valence-corrected chi connectivity index (χ3v) is 6.77. The highest BCUT2D eigenvalue weighted by atomic mass is 79.9. The molecule has 4 unspecified atom stereocenters. The Kier molecular flexibility index (Phi) is 4.55. The molecule has 3 N–H and O–H groups in total. The Hall–Kier alpha value is -0.910. The highest BCUT2D eigenvalue weighted by Crippen LogP contribution is 2.57. The molecule has 0 saturated carbocycles. The zero-order chi connectivity index (χ0) is 15.3. The zero-order valence-electron chi connectivity index (χ0n) is 13.0. The third-order valence-electron chi connectivity index (χ3n) is 5.26. The first-order chi connectivity index (χ1) is 10.6. The largest absolute Gasteiger partial charge is 0.504 e. The van der Waals surface area contributed by atoms with Crippen molar-refractivity contribution in [1.29, 1.82) is 0 Å². The molecule has 23 heavy (non-hydrogen) atoms. The smallest absolute Gasteiger partial charge is 0.157 e. The molecule has 1 saturated heterocycles. The summed E-state index contributed by atoms with van der Waals surface area (Å²) in [6.45, 7) is 3.11. The van der Waals surface area contributed by atoms with Crippen molar-refractivity contribution in [2.75, 3.05) is 6.54 Å². The molecular formula is C18H22BrNO2S. The molecule has 1 aliphatic carbocycles. The molecular weight excluding hydrogens is 374 g/mol. The van der Waals surface area contributed by atoms with E-state index < -0.39 is 0 Å². The van der Waals surface area contributed by atoms with E-state index in [1.807, 2.05) is 17.8 Å². The number of hydrogen-bond donors (Lipinski definition) is 3. The lowest BCUT2D eigenvalue weighted by Gasteiger charge is -2.49. The fourth-order valence-corrected chi connectivity index (χ4v) is 5.92. The van der Waals surface area contributed by atoms with E-state index in [0.29, 0.717) is 17.9 Å². The maximum absolute atomic E-state index is 9.85. The van der Waals surface area contributed by atoms with E-state index in [0.717, 1.165) is 18.5 Å². The highest BCUT2D eigenvalue weighted by Gasteiger charge is 2.53. The molecule has 3 aliphatic rings. The number of halogens is 1. The van der Waals surface area contributed by atoms with Gasteiger partial charge in [-0.25, -0.2) is 0 Å². The second-order valence-electron chi connectivity index (χ2n) is 6.55. The normalized spacial score (nSPS) is 35.0. The van der Waals surface area contributed by atoms with Crippen LogP contribution in [0.4, 0.5) is 0 Å². The minimum absolute atomic E-state index is 0. The first-order valence-electron chi connectivity index (χ1n) is 7.90. The number of allylic oxidation sites excluding steroid dienone is 3. The highest BCUT2D eigenvalue weighted by molar-refractivity contribution is 8.93. The number of thioether (sulfide) groups is 1. The topological polar surface area (TPSA) is 52.5 Å². The molecule has 1 aromatic rings. The lowest BCUT2D eigenvalue weighted by molar-refractivity contribution is 0.254. The van der Waals surface area contributed by atoms with Crippen LogP contribution in [0.5, 0.6) is 11.5 Å². The van der Waals surface area contributed by atoms with E-state index in [1.54, 1.807) is 12.1 Å². The Morgan fingerprint density at radius 3 is 2.87 bits per heavy atom. The van der Waals surface area contributed by atoms with Crippen LogP contribution in [-0.2, 0) is 0 Å². The van der Waals surface area contributed by atoms with Gasteiger partial charge in [-0.05, 0) is 42.4 Å². The van der Waals surface area contributed by atoms with E-state index in [1.165, 1.54) is 11.3 Å². The number of piperidine rings is 1. The Bertz CT molecular complexity index is 675. The fourth-order valence-electron chi connectivity index (χ4n) is 4.27. The van der Waals surface area contributed by atoms with Gasteiger partial charge >= 0.3 is 0 Å². The second kappa shape index (κ2) is 6.19. The molecule has 3 nitrogen and oxygen atoms in total. The molecule has 5 heteroatoms. The van der Waals surface area contributed by atoms with Gasteiger partial charge in [0.25, 0.3) is 0 Å². The van der Waals surface area contributed by atoms with Gasteiger partial charge in [-0.2, -0.15) is 0 Å². The van der Waals surface area contributed by atoms with Crippen molar-refractivity contribution in [2.45, 2.75) is 36.5 Å². The van der Waals surface area contributed by atoms with E-state index in [9.17, 15) is 10.2 Å². The summed E-state index contributed by atoms with van der Waals surface area (Å²) in [5, 5.41) is 23.2. The van der Waals surface area contributed by atoms with Crippen LogP contribution < -0.4 is 5.32 Å². The summed E-state index contributed by atoms with van der Waals surface area (Å²) in [5.41, 5.74) is 1.09. The minimum atomic E-state index is -0.0507. The molecule has 0 radical (unpaired) electrons. The Morgan fingerprint density at radius 1 is 1.26 bits per heavy atom.